The molecule has 0 aliphatic carbocycles. The normalized spacial score (nSPS) is 15.1. The molecule has 1 saturated heterocycles. The van der Waals surface area contributed by atoms with Gasteiger partial charge < -0.3 is 25.7 Å². The molecule has 36 heavy (non-hydrogen) atoms. The molecule has 0 spiro atoms. The van der Waals surface area contributed by atoms with Gasteiger partial charge >= 0.3 is 5.69 Å². The van der Waals surface area contributed by atoms with Crippen LogP contribution >= 0.6 is 23.2 Å². The first-order valence-electron chi connectivity index (χ1n) is 11.5. The third kappa shape index (κ3) is 6.26. The Morgan fingerprint density at radius 1 is 1.25 bits per heavy atom. The smallest absolute Gasteiger partial charge is 0.311 e. The van der Waals surface area contributed by atoms with E-state index in [0.717, 1.165) is 19.4 Å². The summed E-state index contributed by atoms with van der Waals surface area (Å²) in [4.78, 5) is 27.4. The molecule has 1 atom stereocenters. The Labute approximate surface area is 217 Å². The molecule has 0 saturated carbocycles. The summed E-state index contributed by atoms with van der Waals surface area (Å²) in [6.07, 6.45) is 6.34. The van der Waals surface area contributed by atoms with Crippen molar-refractivity contribution >= 4 is 46.4 Å². The molecule has 4 rings (SSSR count). The third-order valence-corrected chi connectivity index (χ3v) is 6.41. The molecule has 1 amide bonds. The fourth-order valence-corrected chi connectivity index (χ4v) is 4.56. The quantitative estimate of drug-likeness (QED) is 0.194. The van der Waals surface area contributed by atoms with Crippen LogP contribution in [0.15, 0.2) is 42.7 Å². The first-order chi connectivity index (χ1) is 17.3. The highest BCUT2D eigenvalue weighted by atomic mass is 35.5. The summed E-state index contributed by atoms with van der Waals surface area (Å²) in [5.41, 5.74) is 7.35. The van der Waals surface area contributed by atoms with Gasteiger partial charge in [-0.2, -0.15) is 0 Å². The third-order valence-electron chi connectivity index (χ3n) is 5.86. The zero-order chi connectivity index (χ0) is 25.7. The Kier molecular flexibility index (Phi) is 8.29. The number of hydrogen-bond donors (Lipinski definition) is 3. The van der Waals surface area contributed by atoms with Gasteiger partial charge in [0.2, 0.25) is 5.82 Å². The molecular formula is C24H26Cl2N6O4. The van der Waals surface area contributed by atoms with E-state index in [9.17, 15) is 14.9 Å². The molecular weight excluding hydrogens is 507 g/mol. The van der Waals surface area contributed by atoms with E-state index in [0.29, 0.717) is 58.6 Å². The summed E-state index contributed by atoms with van der Waals surface area (Å²) in [5, 5.41) is 17.9. The number of aromatic nitrogens is 2. The predicted molar refractivity (Wildman–Crippen MR) is 140 cm³/mol. The first-order valence-corrected chi connectivity index (χ1v) is 12.3. The second kappa shape index (κ2) is 11.6. The van der Waals surface area contributed by atoms with Crippen LogP contribution in [0.5, 0.6) is 0 Å². The summed E-state index contributed by atoms with van der Waals surface area (Å²) in [6, 6.07) is 8.02. The number of pyridine rings is 1. The number of hydrogen-bond acceptors (Lipinski definition) is 7. The molecule has 3 aromatic rings. The molecule has 190 valence electrons. The van der Waals surface area contributed by atoms with Crippen LogP contribution in [0.1, 0.15) is 29.6 Å². The molecule has 3 heterocycles. The lowest BCUT2D eigenvalue weighted by Gasteiger charge is -2.11. The van der Waals surface area contributed by atoms with Crippen molar-refractivity contribution in [2.45, 2.75) is 31.9 Å². The number of benzene rings is 1. The number of aryl methyl sites for hydroxylation is 1. The summed E-state index contributed by atoms with van der Waals surface area (Å²) in [5.74, 6) is 0.112. The lowest BCUT2D eigenvalue weighted by molar-refractivity contribution is -0.384. The Balaban J connectivity index is 1.44. The van der Waals surface area contributed by atoms with E-state index in [-0.39, 0.29) is 23.5 Å². The van der Waals surface area contributed by atoms with E-state index in [1.165, 1.54) is 12.1 Å². The van der Waals surface area contributed by atoms with Crippen LogP contribution in [0.2, 0.25) is 10.0 Å². The average molecular weight is 533 g/mol. The van der Waals surface area contributed by atoms with Crippen LogP contribution < -0.4 is 16.4 Å². The maximum absolute atomic E-state index is 13.1. The molecule has 1 fully saturated rings. The maximum Gasteiger partial charge on any atom is 0.311 e. The Bertz CT molecular complexity index is 1260. The van der Waals surface area contributed by atoms with Gasteiger partial charge in [0, 0.05) is 65.9 Å². The van der Waals surface area contributed by atoms with Crippen LogP contribution in [0.3, 0.4) is 0 Å². The number of amides is 1. The minimum absolute atomic E-state index is 0.0340. The van der Waals surface area contributed by atoms with Crippen molar-refractivity contribution in [3.05, 3.63) is 68.4 Å². The predicted octanol–water partition coefficient (Wildman–Crippen LogP) is 4.76. The average Bonchev–Trinajstić information content (AvgIpc) is 3.50. The van der Waals surface area contributed by atoms with Crippen molar-refractivity contribution in [1.29, 1.82) is 0 Å². The lowest BCUT2D eigenvalue weighted by Crippen LogP contribution is -2.31. The van der Waals surface area contributed by atoms with E-state index < -0.39 is 4.92 Å². The molecule has 0 bridgehead atoms. The number of nitro groups is 1. The van der Waals surface area contributed by atoms with Gasteiger partial charge in [-0.25, -0.2) is 4.98 Å². The van der Waals surface area contributed by atoms with Crippen molar-refractivity contribution < 1.29 is 14.5 Å². The van der Waals surface area contributed by atoms with Crippen molar-refractivity contribution in [3.63, 3.8) is 0 Å². The molecule has 1 aliphatic heterocycles. The lowest BCUT2D eigenvalue weighted by atomic mass is 10.0. The number of halogens is 2. The highest BCUT2D eigenvalue weighted by molar-refractivity contribution is 6.36. The van der Waals surface area contributed by atoms with Crippen LogP contribution in [0, 0.1) is 10.1 Å². The van der Waals surface area contributed by atoms with E-state index in [1.807, 2.05) is 10.8 Å². The summed E-state index contributed by atoms with van der Waals surface area (Å²) < 4.78 is 7.54. The maximum atomic E-state index is 13.1. The van der Waals surface area contributed by atoms with Gasteiger partial charge in [0.1, 0.15) is 5.82 Å². The fourth-order valence-electron chi connectivity index (χ4n) is 4.05. The Morgan fingerprint density at radius 2 is 2.08 bits per heavy atom. The molecule has 1 aliphatic rings. The molecule has 10 nitrogen and oxygen atoms in total. The number of nitrogens with one attached hydrogen (secondary N) is 2. The SMILES string of the molecule is Nc1nc(NCCCn2cc(C(=O)NCC3CCCO3)c(-c3ccc(Cl)cc3Cl)c2)ccc1[N+](=O)[O-]. The van der Waals surface area contributed by atoms with Gasteiger partial charge in [-0.15, -0.1) is 0 Å². The van der Waals surface area contributed by atoms with E-state index in [4.69, 9.17) is 33.7 Å². The Hall–Kier alpha value is -3.34. The van der Waals surface area contributed by atoms with Crippen LogP contribution in [-0.4, -0.2) is 46.2 Å². The molecule has 2 aromatic heterocycles. The van der Waals surface area contributed by atoms with Crippen LogP contribution in [0.25, 0.3) is 11.1 Å². The minimum Gasteiger partial charge on any atom is -0.378 e. The number of nitrogens with two attached hydrogens (primary N) is 1. The number of anilines is 2. The van der Waals surface area contributed by atoms with Gasteiger partial charge in [0.15, 0.2) is 0 Å². The van der Waals surface area contributed by atoms with Gasteiger partial charge in [0.25, 0.3) is 5.91 Å². The molecule has 1 aromatic carbocycles. The number of nitrogens with zero attached hydrogens (tertiary/aromatic N) is 3. The van der Waals surface area contributed by atoms with Crippen molar-refractivity contribution in [1.82, 2.24) is 14.9 Å². The largest absolute Gasteiger partial charge is 0.378 e. The monoisotopic (exact) mass is 532 g/mol. The van der Waals surface area contributed by atoms with E-state index in [2.05, 4.69) is 15.6 Å². The zero-order valence-corrected chi connectivity index (χ0v) is 20.9. The van der Waals surface area contributed by atoms with Crippen LogP contribution in [0.4, 0.5) is 17.3 Å². The second-order valence-corrected chi connectivity index (χ2v) is 9.27. The van der Waals surface area contributed by atoms with Gasteiger partial charge in [0.05, 0.1) is 16.6 Å². The zero-order valence-electron chi connectivity index (χ0n) is 19.4. The highest BCUT2D eigenvalue weighted by Crippen LogP contribution is 2.33. The molecule has 0 radical (unpaired) electrons. The minimum atomic E-state index is -0.572. The van der Waals surface area contributed by atoms with Gasteiger partial charge in [-0.05, 0) is 37.5 Å². The number of rotatable bonds is 10. The summed E-state index contributed by atoms with van der Waals surface area (Å²) in [7, 11) is 0. The number of carbonyl (C=O) groups is 1. The van der Waals surface area contributed by atoms with E-state index >= 15 is 0 Å². The first kappa shape index (κ1) is 25.7. The standard InChI is InChI=1S/C24H26Cl2N6O4/c25-15-4-5-17(20(26)11-15)18-13-31(14-19(18)24(33)29-12-16-3-1-10-36-16)9-2-8-28-22-7-6-21(32(34)35)23(27)30-22/h4-7,11,13-14,16H,1-3,8-10,12H2,(H,29,33)(H3,27,28,30). The van der Waals surface area contributed by atoms with E-state index in [1.54, 1.807) is 24.4 Å². The van der Waals surface area contributed by atoms with Crippen molar-refractivity contribution in [2.24, 2.45) is 0 Å². The fraction of sp³-hybridized carbons (Fsp3) is 0.333. The number of carbonyl (C=O) groups excluding carboxylic acids is 1. The highest BCUT2D eigenvalue weighted by Gasteiger charge is 2.21. The van der Waals surface area contributed by atoms with Crippen molar-refractivity contribution in [3.8, 4) is 11.1 Å². The van der Waals surface area contributed by atoms with Gasteiger partial charge in [-0.3, -0.25) is 14.9 Å². The second-order valence-electron chi connectivity index (χ2n) is 8.43. The number of ether oxygens (including phenoxy) is 1. The summed E-state index contributed by atoms with van der Waals surface area (Å²) in [6.45, 7) is 2.32. The molecule has 12 heteroatoms. The van der Waals surface area contributed by atoms with Crippen molar-refractivity contribution in [2.75, 3.05) is 30.7 Å². The van der Waals surface area contributed by atoms with Gasteiger partial charge in [-0.1, -0.05) is 29.3 Å². The molecule has 1 unspecified atom stereocenters. The number of nitrogen functional groups attached to an aromatic ring is 1. The Morgan fingerprint density at radius 3 is 2.78 bits per heavy atom. The summed E-state index contributed by atoms with van der Waals surface area (Å²) >= 11 is 12.5. The molecule has 4 N–H and O–H groups in total. The van der Waals surface area contributed by atoms with Crippen LogP contribution in [-0.2, 0) is 11.3 Å². The topological polar surface area (TPSA) is 137 Å².